The monoisotopic (exact) mass is 269 g/mol. The van der Waals surface area contributed by atoms with Gasteiger partial charge in [-0.05, 0) is 13.8 Å². The molecule has 7 nitrogen and oxygen atoms in total. The summed E-state index contributed by atoms with van der Waals surface area (Å²) in [4.78, 5) is 4.13. The molecule has 0 atom stereocenters. The van der Waals surface area contributed by atoms with Gasteiger partial charge in [-0.3, -0.25) is 4.40 Å². The standard InChI is InChI=1S/C10H15N5O2S/c1-10(2,18(3,16)17)6-12-8-9-14-13-7-15(9)5-4-11-8/h4-5,7H,6H2,1-3H3,(H,11,12). The lowest BCUT2D eigenvalue weighted by molar-refractivity contribution is 0.559. The average Bonchev–Trinajstić information content (AvgIpc) is 2.73. The van der Waals surface area contributed by atoms with Gasteiger partial charge in [0.15, 0.2) is 15.7 Å². The molecular weight excluding hydrogens is 254 g/mol. The van der Waals surface area contributed by atoms with Crippen LogP contribution in [0.2, 0.25) is 0 Å². The number of anilines is 1. The second kappa shape index (κ2) is 4.20. The summed E-state index contributed by atoms with van der Waals surface area (Å²) in [5, 5.41) is 10.7. The van der Waals surface area contributed by atoms with Gasteiger partial charge in [-0.15, -0.1) is 10.2 Å². The second-order valence-corrected chi connectivity index (χ2v) is 7.37. The maximum absolute atomic E-state index is 11.6. The molecule has 0 aliphatic heterocycles. The zero-order valence-electron chi connectivity index (χ0n) is 10.5. The lowest BCUT2D eigenvalue weighted by atomic mass is 10.2. The molecule has 0 saturated heterocycles. The third kappa shape index (κ3) is 2.28. The number of hydrogen-bond donors (Lipinski definition) is 1. The van der Waals surface area contributed by atoms with Gasteiger partial charge < -0.3 is 5.32 Å². The highest BCUT2D eigenvalue weighted by Gasteiger charge is 2.30. The number of nitrogens with zero attached hydrogens (tertiary/aromatic N) is 4. The number of nitrogens with one attached hydrogen (secondary N) is 1. The van der Waals surface area contributed by atoms with Crippen LogP contribution in [0.25, 0.3) is 5.65 Å². The molecule has 18 heavy (non-hydrogen) atoms. The first-order valence-electron chi connectivity index (χ1n) is 5.39. The van der Waals surface area contributed by atoms with Crippen molar-refractivity contribution in [2.45, 2.75) is 18.6 Å². The highest BCUT2D eigenvalue weighted by molar-refractivity contribution is 7.92. The second-order valence-electron chi connectivity index (χ2n) is 4.72. The molecule has 0 aliphatic carbocycles. The Labute approximate surface area is 105 Å². The molecule has 0 fully saturated rings. The van der Waals surface area contributed by atoms with E-state index in [9.17, 15) is 8.42 Å². The summed E-state index contributed by atoms with van der Waals surface area (Å²) in [5.41, 5.74) is 0.571. The Morgan fingerprint density at radius 1 is 1.44 bits per heavy atom. The summed E-state index contributed by atoms with van der Waals surface area (Å²) in [6.07, 6.45) is 6.11. The Kier molecular flexibility index (Phi) is 2.97. The van der Waals surface area contributed by atoms with Crippen LogP contribution in [0.4, 0.5) is 5.82 Å². The molecule has 98 valence electrons. The molecule has 8 heteroatoms. The fourth-order valence-corrected chi connectivity index (χ4v) is 1.65. The quantitative estimate of drug-likeness (QED) is 0.862. The van der Waals surface area contributed by atoms with Crippen molar-refractivity contribution in [3.8, 4) is 0 Å². The molecule has 2 heterocycles. The number of fused-ring (bicyclic) bond motifs is 1. The van der Waals surface area contributed by atoms with Crippen molar-refractivity contribution in [2.24, 2.45) is 0 Å². The van der Waals surface area contributed by atoms with Crippen LogP contribution in [0.1, 0.15) is 13.8 Å². The highest BCUT2D eigenvalue weighted by Crippen LogP contribution is 2.17. The van der Waals surface area contributed by atoms with Gasteiger partial charge in [-0.25, -0.2) is 13.4 Å². The number of hydrogen-bond acceptors (Lipinski definition) is 6. The van der Waals surface area contributed by atoms with Crippen molar-refractivity contribution in [2.75, 3.05) is 18.1 Å². The van der Waals surface area contributed by atoms with E-state index in [1.165, 1.54) is 6.26 Å². The minimum Gasteiger partial charge on any atom is -0.365 e. The average molecular weight is 269 g/mol. The van der Waals surface area contributed by atoms with Gasteiger partial charge in [0, 0.05) is 25.2 Å². The van der Waals surface area contributed by atoms with E-state index in [1.807, 2.05) is 0 Å². The third-order valence-electron chi connectivity index (χ3n) is 2.90. The lowest BCUT2D eigenvalue weighted by Gasteiger charge is -2.22. The Morgan fingerprint density at radius 2 is 2.17 bits per heavy atom. The molecule has 0 unspecified atom stereocenters. The normalized spacial score (nSPS) is 12.8. The Bertz CT molecular complexity index is 662. The van der Waals surface area contributed by atoms with E-state index in [-0.39, 0.29) is 6.54 Å². The Morgan fingerprint density at radius 3 is 2.83 bits per heavy atom. The molecule has 0 amide bonds. The van der Waals surface area contributed by atoms with Crippen molar-refractivity contribution >= 4 is 21.3 Å². The van der Waals surface area contributed by atoms with E-state index in [0.29, 0.717) is 11.5 Å². The fourth-order valence-electron chi connectivity index (χ4n) is 1.31. The number of rotatable bonds is 4. The van der Waals surface area contributed by atoms with Gasteiger partial charge in [0.1, 0.15) is 6.33 Å². The maximum atomic E-state index is 11.6. The van der Waals surface area contributed by atoms with Crippen LogP contribution in [0, 0.1) is 0 Å². The summed E-state index contributed by atoms with van der Waals surface area (Å²) in [7, 11) is -3.15. The van der Waals surface area contributed by atoms with E-state index in [2.05, 4.69) is 20.5 Å². The molecule has 1 N–H and O–H groups in total. The van der Waals surface area contributed by atoms with E-state index in [1.54, 1.807) is 37.0 Å². The van der Waals surface area contributed by atoms with E-state index >= 15 is 0 Å². The smallest absolute Gasteiger partial charge is 0.203 e. The first kappa shape index (κ1) is 12.7. The predicted molar refractivity (Wildman–Crippen MR) is 68.2 cm³/mol. The van der Waals surface area contributed by atoms with Crippen molar-refractivity contribution < 1.29 is 8.42 Å². The molecule has 0 saturated carbocycles. The van der Waals surface area contributed by atoms with E-state index in [4.69, 9.17) is 0 Å². The predicted octanol–water partition coefficient (Wildman–Crippen LogP) is 0.359. The molecule has 0 aliphatic rings. The van der Waals surface area contributed by atoms with E-state index in [0.717, 1.165) is 0 Å². The summed E-state index contributed by atoms with van der Waals surface area (Å²) in [5.74, 6) is 0.520. The number of sulfone groups is 1. The van der Waals surface area contributed by atoms with Crippen molar-refractivity contribution in [3.63, 3.8) is 0 Å². The molecule has 0 bridgehead atoms. The molecular formula is C10H15N5O2S. The maximum Gasteiger partial charge on any atom is 0.203 e. The molecule has 0 spiro atoms. The van der Waals surface area contributed by atoms with Gasteiger partial charge >= 0.3 is 0 Å². The minimum atomic E-state index is -3.15. The zero-order chi connectivity index (χ0) is 13.4. The summed E-state index contributed by atoms with van der Waals surface area (Å²) < 4.78 is 24.0. The van der Waals surface area contributed by atoms with Gasteiger partial charge in [0.05, 0.1) is 4.75 Å². The van der Waals surface area contributed by atoms with Gasteiger partial charge in [0.2, 0.25) is 5.65 Å². The molecule has 2 aromatic heterocycles. The van der Waals surface area contributed by atoms with Crippen molar-refractivity contribution in [1.29, 1.82) is 0 Å². The Balaban J connectivity index is 2.23. The lowest BCUT2D eigenvalue weighted by Crippen LogP contribution is -2.38. The largest absolute Gasteiger partial charge is 0.365 e. The van der Waals surface area contributed by atoms with Crippen LogP contribution in [0.3, 0.4) is 0 Å². The van der Waals surface area contributed by atoms with Gasteiger partial charge in [0.25, 0.3) is 0 Å². The zero-order valence-corrected chi connectivity index (χ0v) is 11.3. The Hall–Kier alpha value is -1.70. The van der Waals surface area contributed by atoms with Crippen molar-refractivity contribution in [3.05, 3.63) is 18.7 Å². The van der Waals surface area contributed by atoms with E-state index < -0.39 is 14.6 Å². The topological polar surface area (TPSA) is 89.2 Å². The molecule has 0 aromatic carbocycles. The molecule has 2 aromatic rings. The van der Waals surface area contributed by atoms with Crippen LogP contribution >= 0.6 is 0 Å². The fraction of sp³-hybridized carbons (Fsp3) is 0.500. The van der Waals surface area contributed by atoms with Gasteiger partial charge in [-0.1, -0.05) is 0 Å². The highest BCUT2D eigenvalue weighted by atomic mass is 32.2. The molecule has 2 rings (SSSR count). The first-order valence-corrected chi connectivity index (χ1v) is 7.28. The third-order valence-corrected chi connectivity index (χ3v) is 5.05. The van der Waals surface area contributed by atoms with Crippen LogP contribution in [-0.2, 0) is 9.84 Å². The first-order chi connectivity index (χ1) is 8.31. The SMILES string of the molecule is CC(C)(CNc1nccn2cnnc12)S(C)(=O)=O. The van der Waals surface area contributed by atoms with Gasteiger partial charge in [-0.2, -0.15) is 0 Å². The van der Waals surface area contributed by atoms with Crippen LogP contribution in [0.15, 0.2) is 18.7 Å². The number of aromatic nitrogens is 4. The van der Waals surface area contributed by atoms with Crippen LogP contribution in [0.5, 0.6) is 0 Å². The molecule has 0 radical (unpaired) electrons. The van der Waals surface area contributed by atoms with Crippen LogP contribution in [-0.4, -0.2) is 45.5 Å². The minimum absolute atomic E-state index is 0.255. The summed E-state index contributed by atoms with van der Waals surface area (Å²) in [6, 6.07) is 0. The van der Waals surface area contributed by atoms with Crippen LogP contribution < -0.4 is 5.32 Å². The summed E-state index contributed by atoms with van der Waals surface area (Å²) >= 11 is 0. The van der Waals surface area contributed by atoms with Crippen molar-refractivity contribution in [1.82, 2.24) is 19.6 Å². The summed E-state index contributed by atoms with van der Waals surface area (Å²) in [6.45, 7) is 3.59.